The molecule has 0 amide bonds. The van der Waals surface area contributed by atoms with Crippen molar-refractivity contribution < 1.29 is 13.9 Å². The first-order valence-corrected chi connectivity index (χ1v) is 10.2. The number of hydrogen-bond donors (Lipinski definition) is 0. The van der Waals surface area contributed by atoms with Gasteiger partial charge in [-0.15, -0.1) is 0 Å². The average molecular weight is 392 g/mol. The summed E-state index contributed by atoms with van der Waals surface area (Å²) in [7, 11) is 0. The lowest BCUT2D eigenvalue weighted by Crippen LogP contribution is -2.24. The van der Waals surface area contributed by atoms with Gasteiger partial charge in [0.15, 0.2) is 0 Å². The fourth-order valence-electron chi connectivity index (χ4n) is 3.90. The summed E-state index contributed by atoms with van der Waals surface area (Å²) < 4.78 is 21.9. The zero-order valence-corrected chi connectivity index (χ0v) is 16.6. The lowest BCUT2D eigenvalue weighted by atomic mass is 9.89. The summed E-state index contributed by atoms with van der Waals surface area (Å²) in [4.78, 5) is 12.6. The van der Waals surface area contributed by atoms with Crippen LogP contribution < -0.4 is 4.74 Å². The van der Waals surface area contributed by atoms with Crippen molar-refractivity contribution in [1.29, 1.82) is 0 Å². The van der Waals surface area contributed by atoms with Crippen molar-refractivity contribution in [1.82, 2.24) is 9.78 Å². The Balaban J connectivity index is 1.44. The molecule has 1 atom stereocenters. The first-order valence-electron chi connectivity index (χ1n) is 10.2. The summed E-state index contributed by atoms with van der Waals surface area (Å²) in [6.07, 6.45) is 6.60. The molecule has 0 N–H and O–H groups in total. The number of ether oxygens (including phenoxy) is 1. The Morgan fingerprint density at radius 3 is 2.59 bits per heavy atom. The molecule has 1 heterocycles. The predicted octanol–water partition coefficient (Wildman–Crippen LogP) is 6.05. The molecule has 1 aliphatic carbocycles. The summed E-state index contributed by atoms with van der Waals surface area (Å²) >= 11 is 0. The van der Waals surface area contributed by atoms with Crippen molar-refractivity contribution in [2.45, 2.75) is 45.1 Å². The molecular weight excluding hydrogens is 367 g/mol. The highest BCUT2D eigenvalue weighted by Gasteiger charge is 2.24. The van der Waals surface area contributed by atoms with Crippen LogP contribution in [-0.4, -0.2) is 15.7 Å². The van der Waals surface area contributed by atoms with Crippen LogP contribution in [0.2, 0.25) is 0 Å². The molecule has 29 heavy (non-hydrogen) atoms. The van der Waals surface area contributed by atoms with E-state index in [4.69, 9.17) is 4.74 Å². The van der Waals surface area contributed by atoms with Gasteiger partial charge in [-0.05, 0) is 43.5 Å². The van der Waals surface area contributed by atoms with Crippen molar-refractivity contribution in [3.63, 3.8) is 0 Å². The van der Waals surface area contributed by atoms with Crippen LogP contribution >= 0.6 is 0 Å². The fraction of sp³-hybridized carbons (Fsp3) is 0.333. The van der Waals surface area contributed by atoms with Gasteiger partial charge in [0.05, 0.1) is 0 Å². The van der Waals surface area contributed by atoms with Crippen molar-refractivity contribution in [2.75, 3.05) is 0 Å². The van der Waals surface area contributed by atoms with E-state index >= 15 is 0 Å². The number of carbonyl (C=O) groups excluding carboxylic acids is 1. The van der Waals surface area contributed by atoms with E-state index in [9.17, 15) is 9.18 Å². The lowest BCUT2D eigenvalue weighted by Gasteiger charge is -2.19. The molecule has 4 rings (SSSR count). The highest BCUT2D eigenvalue weighted by molar-refractivity contribution is 5.80. The third-order valence-electron chi connectivity index (χ3n) is 5.54. The molecule has 0 radical (unpaired) electrons. The largest absolute Gasteiger partial charge is 0.484 e. The van der Waals surface area contributed by atoms with Gasteiger partial charge in [-0.3, -0.25) is 4.79 Å². The Morgan fingerprint density at radius 1 is 1.10 bits per heavy atom. The molecule has 4 nitrogen and oxygen atoms in total. The molecular formula is C24H25FN2O2. The van der Waals surface area contributed by atoms with Crippen molar-refractivity contribution in [3.8, 4) is 16.9 Å². The van der Waals surface area contributed by atoms with Crippen LogP contribution in [0.25, 0.3) is 11.1 Å². The molecule has 1 fully saturated rings. The van der Waals surface area contributed by atoms with E-state index in [1.807, 2.05) is 37.3 Å². The predicted molar refractivity (Wildman–Crippen MR) is 110 cm³/mol. The van der Waals surface area contributed by atoms with Crippen molar-refractivity contribution >= 4 is 5.91 Å². The number of nitrogens with zero attached hydrogens (tertiary/aromatic N) is 2. The zero-order valence-electron chi connectivity index (χ0n) is 16.6. The molecule has 0 spiro atoms. The molecule has 5 heteroatoms. The quantitative estimate of drug-likeness (QED) is 0.531. The van der Waals surface area contributed by atoms with Gasteiger partial charge in [0.2, 0.25) is 5.91 Å². The molecule has 0 saturated heterocycles. The van der Waals surface area contributed by atoms with Gasteiger partial charge in [-0.1, -0.05) is 49.6 Å². The van der Waals surface area contributed by atoms with Gasteiger partial charge in [-0.25, -0.2) is 9.07 Å². The number of hydrogen-bond acceptors (Lipinski definition) is 3. The van der Waals surface area contributed by atoms with E-state index in [-0.39, 0.29) is 17.6 Å². The first-order chi connectivity index (χ1) is 14.1. The molecule has 0 aliphatic heterocycles. The minimum absolute atomic E-state index is 0.0569. The van der Waals surface area contributed by atoms with Gasteiger partial charge in [-0.2, -0.15) is 5.10 Å². The molecule has 3 aromatic rings. The molecule has 1 saturated carbocycles. The average Bonchev–Trinajstić information content (AvgIpc) is 3.25. The smallest absolute Gasteiger partial charge is 0.249 e. The van der Waals surface area contributed by atoms with Gasteiger partial charge in [0.1, 0.15) is 23.4 Å². The second-order valence-electron chi connectivity index (χ2n) is 7.63. The number of carbonyl (C=O) groups is 1. The minimum atomic E-state index is -0.391. The molecule has 2 aromatic carbocycles. The summed E-state index contributed by atoms with van der Waals surface area (Å²) in [6.45, 7) is 1.85. The van der Waals surface area contributed by atoms with Crippen LogP contribution in [0.15, 0.2) is 60.8 Å². The summed E-state index contributed by atoms with van der Waals surface area (Å²) in [5.41, 5.74) is 2.01. The van der Waals surface area contributed by atoms with Crippen LogP contribution in [0.3, 0.4) is 0 Å². The fourth-order valence-corrected chi connectivity index (χ4v) is 3.90. The molecule has 1 aromatic heterocycles. The standard InChI is InChI=1S/C24H25FN2O2/c1-17(23-14-15-27(26-23)24(28)19-10-6-3-7-11-19)29-20-12-13-21(22(25)16-20)18-8-4-2-5-9-18/h2,4-5,8-9,12-17,19H,3,6-7,10-11H2,1H3. The zero-order chi connectivity index (χ0) is 20.2. The van der Waals surface area contributed by atoms with Crippen LogP contribution in [0.1, 0.15) is 55.6 Å². The third-order valence-corrected chi connectivity index (χ3v) is 5.54. The Labute approximate surface area is 170 Å². The lowest BCUT2D eigenvalue weighted by molar-refractivity contribution is 0.0782. The Morgan fingerprint density at radius 2 is 1.86 bits per heavy atom. The van der Waals surface area contributed by atoms with Crippen LogP contribution in [0, 0.1) is 11.7 Å². The van der Waals surface area contributed by atoms with Gasteiger partial charge in [0, 0.05) is 23.7 Å². The van der Waals surface area contributed by atoms with Gasteiger partial charge >= 0.3 is 0 Å². The second kappa shape index (κ2) is 8.60. The number of benzene rings is 2. The maximum atomic E-state index is 14.6. The van der Waals surface area contributed by atoms with Crippen LogP contribution in [0.4, 0.5) is 4.39 Å². The van der Waals surface area contributed by atoms with Gasteiger partial charge in [0.25, 0.3) is 0 Å². The van der Waals surface area contributed by atoms with Crippen LogP contribution in [-0.2, 0) is 0 Å². The van der Waals surface area contributed by atoms with E-state index in [2.05, 4.69) is 5.10 Å². The van der Waals surface area contributed by atoms with Crippen LogP contribution in [0.5, 0.6) is 5.75 Å². The molecule has 150 valence electrons. The minimum Gasteiger partial charge on any atom is -0.484 e. The molecule has 1 unspecified atom stereocenters. The Hall–Kier alpha value is -2.95. The van der Waals surface area contributed by atoms with Crippen molar-refractivity contribution in [3.05, 3.63) is 72.3 Å². The number of halogens is 1. The third kappa shape index (κ3) is 4.39. The maximum absolute atomic E-state index is 14.6. The summed E-state index contributed by atoms with van der Waals surface area (Å²) in [5, 5.41) is 4.42. The first kappa shape index (κ1) is 19.4. The van der Waals surface area contributed by atoms with E-state index in [0.717, 1.165) is 31.2 Å². The van der Waals surface area contributed by atoms with Crippen molar-refractivity contribution in [2.24, 2.45) is 5.92 Å². The second-order valence-corrected chi connectivity index (χ2v) is 7.63. The van der Waals surface area contributed by atoms with E-state index in [0.29, 0.717) is 17.0 Å². The highest BCUT2D eigenvalue weighted by atomic mass is 19.1. The van der Waals surface area contributed by atoms with Gasteiger partial charge < -0.3 is 4.74 Å². The number of rotatable bonds is 5. The SMILES string of the molecule is CC(Oc1ccc(-c2ccccc2)c(F)c1)c1ccn(C(=O)C2CCCCC2)n1. The Bertz CT molecular complexity index is 978. The Kier molecular flexibility index (Phi) is 5.74. The highest BCUT2D eigenvalue weighted by Crippen LogP contribution is 2.29. The molecule has 1 aliphatic rings. The maximum Gasteiger partial charge on any atom is 0.249 e. The summed E-state index contributed by atoms with van der Waals surface area (Å²) in [6, 6.07) is 16.1. The molecule has 0 bridgehead atoms. The van der Waals surface area contributed by atoms with E-state index in [1.54, 1.807) is 24.4 Å². The number of aromatic nitrogens is 2. The van der Waals surface area contributed by atoms with E-state index in [1.165, 1.54) is 17.2 Å². The van der Waals surface area contributed by atoms with E-state index < -0.39 is 6.10 Å². The summed E-state index contributed by atoms with van der Waals surface area (Å²) in [5.74, 6) is 0.218. The monoisotopic (exact) mass is 392 g/mol. The topological polar surface area (TPSA) is 44.1 Å². The normalized spacial score (nSPS) is 15.8.